The first-order valence-corrected chi connectivity index (χ1v) is 7.50. The molecule has 1 amide bonds. The standard InChI is InChI=1S/C15H14BrClN2O3/c1-21-15(22-2)10-8-18-7-6-9(10)14(20)19-12-5-3-4-11(16)13(12)17/h3-8,15H,1-2H3,(H,19,20). The summed E-state index contributed by atoms with van der Waals surface area (Å²) in [4.78, 5) is 16.5. The Hall–Kier alpha value is -1.47. The van der Waals surface area contributed by atoms with Crippen molar-refractivity contribution in [2.75, 3.05) is 19.5 Å². The molecule has 0 aliphatic carbocycles. The lowest BCUT2D eigenvalue weighted by Gasteiger charge is -2.17. The first kappa shape index (κ1) is 16.9. The lowest BCUT2D eigenvalue weighted by Crippen LogP contribution is -2.17. The molecule has 0 aliphatic rings. The van der Waals surface area contributed by atoms with Crippen LogP contribution in [0, 0.1) is 0 Å². The average molecular weight is 386 g/mol. The minimum absolute atomic E-state index is 0.323. The minimum atomic E-state index is -0.674. The summed E-state index contributed by atoms with van der Waals surface area (Å²) in [6.07, 6.45) is 2.39. The number of nitrogens with zero attached hydrogens (tertiary/aromatic N) is 1. The molecule has 22 heavy (non-hydrogen) atoms. The molecule has 0 saturated carbocycles. The number of halogens is 2. The fourth-order valence-corrected chi connectivity index (χ4v) is 2.48. The van der Waals surface area contributed by atoms with E-state index in [-0.39, 0.29) is 5.91 Å². The molecule has 0 aliphatic heterocycles. The van der Waals surface area contributed by atoms with Crippen molar-refractivity contribution in [2.24, 2.45) is 0 Å². The Balaban J connectivity index is 2.32. The highest BCUT2D eigenvalue weighted by Gasteiger charge is 2.19. The van der Waals surface area contributed by atoms with Gasteiger partial charge in [0.25, 0.3) is 5.91 Å². The largest absolute Gasteiger partial charge is 0.352 e. The number of carbonyl (C=O) groups excluding carboxylic acids is 1. The van der Waals surface area contributed by atoms with Crippen LogP contribution in [0.5, 0.6) is 0 Å². The SMILES string of the molecule is COC(OC)c1cnccc1C(=O)Nc1cccc(Br)c1Cl. The molecule has 2 rings (SSSR count). The van der Waals surface area contributed by atoms with E-state index >= 15 is 0 Å². The molecule has 0 atom stereocenters. The van der Waals surface area contributed by atoms with Crippen LogP contribution in [0.3, 0.4) is 0 Å². The van der Waals surface area contributed by atoms with Gasteiger partial charge in [-0.05, 0) is 34.1 Å². The second kappa shape index (κ2) is 7.69. The lowest BCUT2D eigenvalue weighted by atomic mass is 10.1. The van der Waals surface area contributed by atoms with Crippen LogP contribution < -0.4 is 5.32 Å². The van der Waals surface area contributed by atoms with Crippen molar-refractivity contribution in [2.45, 2.75) is 6.29 Å². The summed E-state index contributed by atoms with van der Waals surface area (Å²) in [6, 6.07) is 6.89. The minimum Gasteiger partial charge on any atom is -0.352 e. The van der Waals surface area contributed by atoms with Crippen LogP contribution in [0.25, 0.3) is 0 Å². The van der Waals surface area contributed by atoms with E-state index in [0.717, 1.165) is 0 Å². The topological polar surface area (TPSA) is 60.5 Å². The summed E-state index contributed by atoms with van der Waals surface area (Å²) in [7, 11) is 2.99. The fourth-order valence-electron chi connectivity index (χ4n) is 1.94. The molecule has 0 radical (unpaired) electrons. The zero-order valence-corrected chi connectivity index (χ0v) is 14.3. The van der Waals surface area contributed by atoms with Gasteiger partial charge >= 0.3 is 0 Å². The summed E-state index contributed by atoms with van der Waals surface area (Å²) in [5.74, 6) is -0.323. The van der Waals surface area contributed by atoms with Crippen molar-refractivity contribution in [1.82, 2.24) is 4.98 Å². The molecular formula is C15H14BrClN2O3. The molecule has 5 nitrogen and oxygen atoms in total. The summed E-state index contributed by atoms with van der Waals surface area (Å²) >= 11 is 9.48. The van der Waals surface area contributed by atoms with Gasteiger partial charge in [-0.25, -0.2) is 0 Å². The number of ether oxygens (including phenoxy) is 2. The summed E-state index contributed by atoms with van der Waals surface area (Å²) < 4.78 is 11.1. The van der Waals surface area contributed by atoms with E-state index in [0.29, 0.717) is 26.3 Å². The van der Waals surface area contributed by atoms with Crippen LogP contribution in [0.4, 0.5) is 5.69 Å². The zero-order valence-electron chi connectivity index (χ0n) is 12.0. The van der Waals surface area contributed by atoms with Crippen molar-refractivity contribution in [3.63, 3.8) is 0 Å². The number of amides is 1. The Kier molecular flexibility index (Phi) is 5.90. The van der Waals surface area contributed by atoms with Crippen molar-refractivity contribution < 1.29 is 14.3 Å². The molecule has 116 valence electrons. The Morgan fingerprint density at radius 2 is 2.05 bits per heavy atom. The Labute approximate surface area is 141 Å². The van der Waals surface area contributed by atoms with Gasteiger partial charge in [-0.15, -0.1) is 0 Å². The van der Waals surface area contributed by atoms with E-state index in [4.69, 9.17) is 21.1 Å². The van der Waals surface area contributed by atoms with E-state index in [1.807, 2.05) is 0 Å². The van der Waals surface area contributed by atoms with Gasteiger partial charge in [-0.2, -0.15) is 0 Å². The average Bonchev–Trinajstić information content (AvgIpc) is 2.53. The van der Waals surface area contributed by atoms with Gasteiger partial charge in [-0.1, -0.05) is 17.7 Å². The van der Waals surface area contributed by atoms with Crippen LogP contribution in [-0.4, -0.2) is 25.1 Å². The quantitative estimate of drug-likeness (QED) is 0.789. The number of anilines is 1. The number of hydrogen-bond acceptors (Lipinski definition) is 4. The number of methoxy groups -OCH3 is 2. The van der Waals surface area contributed by atoms with E-state index in [9.17, 15) is 4.79 Å². The molecule has 0 saturated heterocycles. The zero-order chi connectivity index (χ0) is 16.1. The number of hydrogen-bond donors (Lipinski definition) is 1. The molecule has 0 fully saturated rings. The number of aromatic nitrogens is 1. The monoisotopic (exact) mass is 384 g/mol. The molecule has 1 N–H and O–H groups in total. The molecule has 0 unspecified atom stereocenters. The highest BCUT2D eigenvalue weighted by molar-refractivity contribution is 9.10. The highest BCUT2D eigenvalue weighted by atomic mass is 79.9. The third-order valence-electron chi connectivity index (χ3n) is 2.98. The predicted octanol–water partition coefficient (Wildman–Crippen LogP) is 4.04. The second-order valence-corrected chi connectivity index (χ2v) is 5.55. The van der Waals surface area contributed by atoms with Gasteiger partial charge in [-0.3, -0.25) is 9.78 Å². The maximum absolute atomic E-state index is 12.5. The van der Waals surface area contributed by atoms with Crippen LogP contribution in [-0.2, 0) is 9.47 Å². The van der Waals surface area contributed by atoms with Crippen LogP contribution >= 0.6 is 27.5 Å². The Bertz CT molecular complexity index is 678. The maximum atomic E-state index is 12.5. The summed E-state index contributed by atoms with van der Waals surface area (Å²) in [5.41, 5.74) is 1.45. The maximum Gasteiger partial charge on any atom is 0.256 e. The number of nitrogens with one attached hydrogen (secondary N) is 1. The normalized spacial score (nSPS) is 10.8. The molecule has 1 aromatic heterocycles. The third-order valence-corrected chi connectivity index (χ3v) is 4.27. The molecule has 0 bridgehead atoms. The van der Waals surface area contributed by atoms with E-state index < -0.39 is 6.29 Å². The summed E-state index contributed by atoms with van der Waals surface area (Å²) in [5, 5.41) is 3.20. The Morgan fingerprint density at radius 1 is 1.32 bits per heavy atom. The molecule has 2 aromatic rings. The predicted molar refractivity (Wildman–Crippen MR) is 88.1 cm³/mol. The van der Waals surface area contributed by atoms with Gasteiger partial charge in [0, 0.05) is 36.6 Å². The van der Waals surface area contributed by atoms with Crippen LogP contribution in [0.1, 0.15) is 22.2 Å². The molecule has 0 spiro atoms. The van der Waals surface area contributed by atoms with Crippen molar-refractivity contribution >= 4 is 39.1 Å². The van der Waals surface area contributed by atoms with E-state index in [1.165, 1.54) is 26.6 Å². The highest BCUT2D eigenvalue weighted by Crippen LogP contribution is 2.30. The van der Waals surface area contributed by atoms with Gasteiger partial charge in [0.05, 0.1) is 16.3 Å². The molecule has 7 heteroatoms. The van der Waals surface area contributed by atoms with E-state index in [2.05, 4.69) is 26.2 Å². The van der Waals surface area contributed by atoms with Gasteiger partial charge in [0.2, 0.25) is 0 Å². The van der Waals surface area contributed by atoms with Crippen molar-refractivity contribution in [1.29, 1.82) is 0 Å². The first-order chi connectivity index (χ1) is 10.6. The molecular weight excluding hydrogens is 372 g/mol. The van der Waals surface area contributed by atoms with Crippen LogP contribution in [0.15, 0.2) is 41.1 Å². The van der Waals surface area contributed by atoms with Crippen LogP contribution in [0.2, 0.25) is 5.02 Å². The van der Waals surface area contributed by atoms with Gasteiger partial charge in [0.15, 0.2) is 6.29 Å². The van der Waals surface area contributed by atoms with E-state index in [1.54, 1.807) is 24.3 Å². The summed E-state index contributed by atoms with van der Waals surface area (Å²) in [6.45, 7) is 0. The van der Waals surface area contributed by atoms with Crippen molar-refractivity contribution in [3.05, 3.63) is 57.3 Å². The number of rotatable bonds is 5. The number of pyridine rings is 1. The van der Waals surface area contributed by atoms with Gasteiger partial charge in [0.1, 0.15) is 0 Å². The third kappa shape index (κ3) is 3.64. The van der Waals surface area contributed by atoms with Crippen molar-refractivity contribution in [3.8, 4) is 0 Å². The molecule has 1 aromatic carbocycles. The lowest BCUT2D eigenvalue weighted by molar-refractivity contribution is -0.106. The smallest absolute Gasteiger partial charge is 0.256 e. The second-order valence-electron chi connectivity index (χ2n) is 4.32. The Morgan fingerprint density at radius 3 is 2.73 bits per heavy atom. The number of carbonyl (C=O) groups is 1. The van der Waals surface area contributed by atoms with Gasteiger partial charge < -0.3 is 14.8 Å². The molecule has 1 heterocycles. The fraction of sp³-hybridized carbons (Fsp3) is 0.200. The number of benzene rings is 1. The first-order valence-electron chi connectivity index (χ1n) is 6.33.